The van der Waals surface area contributed by atoms with Crippen LogP contribution in [0.4, 0.5) is 0 Å². The van der Waals surface area contributed by atoms with Crippen molar-refractivity contribution >= 4 is 61.5 Å². The quantitative estimate of drug-likeness (QED) is 0.0623. The van der Waals surface area contributed by atoms with Gasteiger partial charge in [-0.05, 0) is 49.7 Å². The van der Waals surface area contributed by atoms with Crippen molar-refractivity contribution in [2.45, 2.75) is 93.3 Å². The second-order valence-electron chi connectivity index (χ2n) is 13.8. The molecule has 0 fully saturated rings. The fourth-order valence-corrected chi connectivity index (χ4v) is 8.99. The molecule has 5 rings (SSSR count). The second-order valence-corrected chi connectivity index (χ2v) is 19.9. The van der Waals surface area contributed by atoms with Crippen LogP contribution in [-0.2, 0) is 31.3 Å². The number of aliphatic hydroxyl groups excluding tert-OH is 1. The normalized spacial score (nSPS) is 12.2. The fourth-order valence-electron chi connectivity index (χ4n) is 6.17. The molecule has 1 N–H and O–H groups in total. The van der Waals surface area contributed by atoms with Gasteiger partial charge in [0, 0.05) is 58.5 Å². The van der Waals surface area contributed by atoms with Crippen molar-refractivity contribution in [1.29, 1.82) is 0 Å². The average molecular weight is 844 g/mol. The Labute approximate surface area is 300 Å². The summed E-state index contributed by atoms with van der Waals surface area (Å²) in [6.07, 6.45) is 7.72. The molecule has 0 aliphatic heterocycles. The van der Waals surface area contributed by atoms with Crippen LogP contribution in [-0.4, -0.2) is 28.9 Å². The van der Waals surface area contributed by atoms with E-state index in [1.807, 2.05) is 39.0 Å². The number of thiophene rings is 1. The van der Waals surface area contributed by atoms with Crippen LogP contribution in [0.2, 0.25) is 19.6 Å². The summed E-state index contributed by atoms with van der Waals surface area (Å²) in [7, 11) is -1.54. The first kappa shape index (κ1) is 38.7. The molecule has 0 unspecified atom stereocenters. The van der Waals surface area contributed by atoms with Gasteiger partial charge in [0.1, 0.15) is 6.33 Å². The summed E-state index contributed by atoms with van der Waals surface area (Å²) >= 11 is 1.81. The molecular weight excluding hydrogens is 793 g/mol. The standard InChI is InChI=1S/C27H27N2SSi.C13H24O2.Ir/c1-17(2)12-18-10-11-22-23(13-18)30-27-25(28-16-29-26(22)27)20-14-19-8-6-7-9-21(19)24(15-20)31(3,4)5;1-5-10(6-2)12(14)9-13(15)11(7-3)8-4;/h6-11,13,15-17H,12H2,1-5H3;9-11,14H,5-8H2,1-4H3;/q-1;;/b;12-9-;. The van der Waals surface area contributed by atoms with Crippen LogP contribution < -0.4 is 5.19 Å². The molecule has 0 bridgehead atoms. The second kappa shape index (κ2) is 17.1. The topological polar surface area (TPSA) is 63.1 Å². The number of hydrogen-bond donors (Lipinski definition) is 1. The maximum Gasteiger partial charge on any atom is 0.162 e. The molecule has 3 aromatic carbocycles. The molecule has 0 saturated heterocycles. The molecule has 0 amide bonds. The number of carbonyl (C=O) groups excluding carboxylic acids is 1. The van der Waals surface area contributed by atoms with Gasteiger partial charge in [0.05, 0.1) is 19.3 Å². The van der Waals surface area contributed by atoms with Gasteiger partial charge < -0.3 is 5.11 Å². The molecule has 2 heterocycles. The Kier molecular flexibility index (Phi) is 14.1. The van der Waals surface area contributed by atoms with Crippen LogP contribution in [0.1, 0.15) is 72.8 Å². The zero-order chi connectivity index (χ0) is 33.6. The van der Waals surface area contributed by atoms with Crippen LogP contribution in [0.5, 0.6) is 0 Å². The van der Waals surface area contributed by atoms with Gasteiger partial charge in [0.25, 0.3) is 0 Å². The largest absolute Gasteiger partial charge is 0.512 e. The number of nitrogens with zero attached hydrogens (tertiary/aromatic N) is 2. The predicted molar refractivity (Wildman–Crippen MR) is 202 cm³/mol. The fraction of sp³-hybridized carbons (Fsp3) is 0.425. The van der Waals surface area contributed by atoms with Gasteiger partial charge in [-0.2, -0.15) is 0 Å². The van der Waals surface area contributed by atoms with Gasteiger partial charge in [-0.1, -0.05) is 102 Å². The summed E-state index contributed by atoms with van der Waals surface area (Å²) in [6, 6.07) is 21.5. The van der Waals surface area contributed by atoms with Gasteiger partial charge in [-0.15, -0.1) is 40.1 Å². The summed E-state index contributed by atoms with van der Waals surface area (Å²) in [4.78, 5) is 21.1. The van der Waals surface area contributed by atoms with Gasteiger partial charge in [0.2, 0.25) is 0 Å². The maximum atomic E-state index is 11.7. The number of ketones is 1. The van der Waals surface area contributed by atoms with E-state index >= 15 is 0 Å². The van der Waals surface area contributed by atoms with Gasteiger partial charge in [0.15, 0.2) is 5.78 Å². The SMILES string of the molecule is CC(C)Cc1ccc2c(c1)sc1c(-c3[c-]c4ccccc4c([Si](C)(C)C)c3)ncnc12.CCC(CC)C(=O)/C=C(\O)C(CC)CC.[Ir]. The molecule has 253 valence electrons. The molecule has 47 heavy (non-hydrogen) atoms. The van der Waals surface area contributed by atoms with Gasteiger partial charge in [-0.25, -0.2) is 4.98 Å². The Hall–Kier alpha value is -2.70. The Morgan fingerprint density at radius 3 is 2.19 bits per heavy atom. The first-order valence-corrected chi connectivity index (χ1v) is 21.3. The molecule has 2 aromatic heterocycles. The van der Waals surface area contributed by atoms with Crippen molar-refractivity contribution in [1.82, 2.24) is 9.97 Å². The molecule has 5 aromatic rings. The molecule has 4 nitrogen and oxygen atoms in total. The Morgan fingerprint density at radius 2 is 1.57 bits per heavy atom. The number of hydrogen-bond acceptors (Lipinski definition) is 5. The van der Waals surface area contributed by atoms with E-state index < -0.39 is 8.07 Å². The molecule has 0 aliphatic rings. The van der Waals surface area contributed by atoms with Crippen LogP contribution >= 0.6 is 11.3 Å². The molecule has 0 spiro atoms. The van der Waals surface area contributed by atoms with E-state index in [9.17, 15) is 9.90 Å². The average Bonchev–Trinajstić information content (AvgIpc) is 3.39. The number of aromatic nitrogens is 2. The summed E-state index contributed by atoms with van der Waals surface area (Å²) in [6.45, 7) is 19.8. The molecule has 0 aliphatic carbocycles. The van der Waals surface area contributed by atoms with E-state index in [4.69, 9.17) is 4.98 Å². The zero-order valence-corrected chi connectivity index (χ0v) is 33.7. The van der Waals surface area contributed by atoms with Crippen LogP contribution in [0.15, 0.2) is 66.7 Å². The van der Waals surface area contributed by atoms with E-state index in [1.165, 1.54) is 37.7 Å². The number of aliphatic hydroxyl groups is 1. The Bertz CT molecular complexity index is 1830. The first-order chi connectivity index (χ1) is 21.9. The monoisotopic (exact) mass is 844 g/mol. The first-order valence-electron chi connectivity index (χ1n) is 17.0. The van der Waals surface area contributed by atoms with E-state index in [-0.39, 0.29) is 43.5 Å². The van der Waals surface area contributed by atoms with E-state index in [1.54, 1.807) is 6.33 Å². The number of rotatable bonds is 11. The molecular formula is C40H51IrN2O2SSi-. The van der Waals surface area contributed by atoms with Crippen LogP contribution in [0, 0.1) is 23.8 Å². The van der Waals surface area contributed by atoms with Crippen molar-refractivity contribution in [3.05, 3.63) is 78.3 Å². The Morgan fingerprint density at radius 1 is 0.915 bits per heavy atom. The van der Waals surface area contributed by atoms with Crippen molar-refractivity contribution in [3.8, 4) is 11.3 Å². The van der Waals surface area contributed by atoms with Crippen molar-refractivity contribution in [2.75, 3.05) is 0 Å². The van der Waals surface area contributed by atoms with Crippen molar-refractivity contribution < 1.29 is 30.0 Å². The number of fused-ring (bicyclic) bond motifs is 4. The van der Waals surface area contributed by atoms with E-state index in [0.29, 0.717) is 5.92 Å². The predicted octanol–water partition coefficient (Wildman–Crippen LogP) is 11.1. The number of benzene rings is 3. The third kappa shape index (κ3) is 9.26. The van der Waals surface area contributed by atoms with Crippen LogP contribution in [0.25, 0.3) is 42.3 Å². The van der Waals surface area contributed by atoms with Crippen LogP contribution in [0.3, 0.4) is 0 Å². The summed E-state index contributed by atoms with van der Waals surface area (Å²) in [5.74, 6) is 1.19. The van der Waals surface area contributed by atoms with Gasteiger partial charge in [-0.3, -0.25) is 9.78 Å². The molecule has 7 heteroatoms. The smallest absolute Gasteiger partial charge is 0.162 e. The van der Waals surface area contributed by atoms with Gasteiger partial charge >= 0.3 is 0 Å². The number of allylic oxidation sites excluding steroid dienone is 2. The van der Waals surface area contributed by atoms with Crippen molar-refractivity contribution in [3.63, 3.8) is 0 Å². The zero-order valence-electron chi connectivity index (χ0n) is 29.5. The summed E-state index contributed by atoms with van der Waals surface area (Å²) < 4.78 is 2.45. The Balaban J connectivity index is 0.000000322. The third-order valence-electron chi connectivity index (χ3n) is 8.88. The van der Waals surface area contributed by atoms with E-state index in [0.717, 1.165) is 53.6 Å². The molecule has 0 saturated carbocycles. The minimum absolute atomic E-state index is 0. The minimum atomic E-state index is -1.54. The van der Waals surface area contributed by atoms with E-state index in [2.05, 4.69) is 93.1 Å². The summed E-state index contributed by atoms with van der Waals surface area (Å²) in [5.41, 5.74) is 4.53. The third-order valence-corrected chi connectivity index (χ3v) is 12.1. The minimum Gasteiger partial charge on any atom is -0.512 e. The molecule has 1 radical (unpaired) electrons. The maximum absolute atomic E-state index is 11.7. The molecule has 0 atom stereocenters. The number of carbonyl (C=O) groups is 1. The van der Waals surface area contributed by atoms with Crippen molar-refractivity contribution in [2.24, 2.45) is 17.8 Å². The summed E-state index contributed by atoms with van der Waals surface area (Å²) in [5, 5.41) is 14.9.